The number of ether oxygens (including phenoxy) is 1. The third-order valence-electron chi connectivity index (χ3n) is 6.10. The smallest absolute Gasteiger partial charge is 0.253 e. The molecule has 2 saturated heterocycles. The van der Waals surface area contributed by atoms with Crippen LogP contribution in [0.5, 0.6) is 5.75 Å². The summed E-state index contributed by atoms with van der Waals surface area (Å²) in [5.74, 6) is 0.786. The largest absolute Gasteiger partial charge is 0.493 e. The summed E-state index contributed by atoms with van der Waals surface area (Å²) in [5, 5.41) is 0. The summed E-state index contributed by atoms with van der Waals surface area (Å²) in [6.07, 6.45) is 4.37. The summed E-state index contributed by atoms with van der Waals surface area (Å²) in [6, 6.07) is 13.5. The van der Waals surface area contributed by atoms with E-state index in [9.17, 15) is 14.0 Å². The minimum atomic E-state index is -0.294. The number of carbonyl (C=O) groups is 2. The van der Waals surface area contributed by atoms with Crippen LogP contribution in [0.3, 0.4) is 0 Å². The molecule has 0 spiro atoms. The SMILES string of the molecule is O=C(Cc1ccc(F)cc1)N1CCC[C@@H](COc2cccc(C(=O)N3CCCC3)c2)C1. The number of halogens is 1. The molecule has 2 heterocycles. The quantitative estimate of drug-likeness (QED) is 0.706. The highest BCUT2D eigenvalue weighted by molar-refractivity contribution is 5.94. The monoisotopic (exact) mass is 424 g/mol. The normalized spacial score (nSPS) is 18.8. The van der Waals surface area contributed by atoms with Gasteiger partial charge in [0, 0.05) is 37.7 Å². The number of benzene rings is 2. The molecule has 0 aliphatic carbocycles. The van der Waals surface area contributed by atoms with Crippen LogP contribution in [0.4, 0.5) is 4.39 Å². The predicted molar refractivity (Wildman–Crippen MR) is 116 cm³/mol. The molecule has 2 aromatic rings. The van der Waals surface area contributed by atoms with Gasteiger partial charge in [-0.1, -0.05) is 18.2 Å². The number of rotatable bonds is 6. The van der Waals surface area contributed by atoms with Crippen molar-refractivity contribution in [2.24, 2.45) is 5.92 Å². The molecule has 0 unspecified atom stereocenters. The van der Waals surface area contributed by atoms with E-state index in [1.165, 1.54) is 12.1 Å². The summed E-state index contributed by atoms with van der Waals surface area (Å²) in [7, 11) is 0. The summed E-state index contributed by atoms with van der Waals surface area (Å²) >= 11 is 0. The van der Waals surface area contributed by atoms with Crippen LogP contribution in [0.15, 0.2) is 48.5 Å². The third-order valence-corrected chi connectivity index (χ3v) is 6.10. The number of amides is 2. The number of hydrogen-bond donors (Lipinski definition) is 0. The molecule has 31 heavy (non-hydrogen) atoms. The first-order valence-electron chi connectivity index (χ1n) is 11.1. The Hall–Kier alpha value is -2.89. The Labute approximate surface area is 182 Å². The molecule has 164 valence electrons. The predicted octanol–water partition coefficient (Wildman–Crippen LogP) is 3.92. The first-order valence-corrected chi connectivity index (χ1v) is 11.1. The van der Waals surface area contributed by atoms with Gasteiger partial charge in [0.25, 0.3) is 5.91 Å². The Morgan fingerprint density at radius 2 is 1.71 bits per heavy atom. The van der Waals surface area contributed by atoms with E-state index < -0.39 is 0 Å². The topological polar surface area (TPSA) is 49.9 Å². The van der Waals surface area contributed by atoms with Crippen molar-refractivity contribution in [2.75, 3.05) is 32.8 Å². The van der Waals surface area contributed by atoms with Gasteiger partial charge in [0.15, 0.2) is 0 Å². The zero-order chi connectivity index (χ0) is 21.6. The first-order chi connectivity index (χ1) is 15.1. The van der Waals surface area contributed by atoms with Crippen LogP contribution in [0.2, 0.25) is 0 Å². The van der Waals surface area contributed by atoms with Gasteiger partial charge in [0.2, 0.25) is 5.91 Å². The van der Waals surface area contributed by atoms with E-state index >= 15 is 0 Å². The Morgan fingerprint density at radius 3 is 2.48 bits per heavy atom. The highest BCUT2D eigenvalue weighted by Gasteiger charge is 2.24. The highest BCUT2D eigenvalue weighted by Crippen LogP contribution is 2.22. The number of likely N-dealkylation sites (tertiary alicyclic amines) is 2. The van der Waals surface area contributed by atoms with Crippen molar-refractivity contribution in [3.8, 4) is 5.75 Å². The standard InChI is InChI=1S/C25H29FN2O3/c26-22-10-8-19(9-11-22)15-24(29)28-14-4-5-20(17-28)18-31-23-7-3-6-21(16-23)25(30)27-12-1-2-13-27/h3,6-11,16,20H,1-2,4-5,12-15,17-18H2/t20-/m1/s1. The van der Waals surface area contributed by atoms with E-state index in [4.69, 9.17) is 4.74 Å². The highest BCUT2D eigenvalue weighted by atomic mass is 19.1. The second-order valence-electron chi connectivity index (χ2n) is 8.49. The van der Waals surface area contributed by atoms with Gasteiger partial charge in [-0.25, -0.2) is 4.39 Å². The van der Waals surface area contributed by atoms with Crippen molar-refractivity contribution in [2.45, 2.75) is 32.1 Å². The van der Waals surface area contributed by atoms with E-state index in [1.807, 2.05) is 34.1 Å². The molecule has 6 heteroatoms. The summed E-state index contributed by atoms with van der Waals surface area (Å²) in [6.45, 7) is 3.58. The lowest BCUT2D eigenvalue weighted by molar-refractivity contribution is -0.132. The van der Waals surface area contributed by atoms with Gasteiger partial charge in [-0.3, -0.25) is 9.59 Å². The number of nitrogens with zero attached hydrogens (tertiary/aromatic N) is 2. The molecule has 4 rings (SSSR count). The number of carbonyl (C=O) groups excluding carboxylic acids is 2. The molecular formula is C25H29FN2O3. The Balaban J connectivity index is 1.29. The van der Waals surface area contributed by atoms with Gasteiger partial charge in [0.05, 0.1) is 13.0 Å². The van der Waals surface area contributed by atoms with Crippen LogP contribution < -0.4 is 4.74 Å². The van der Waals surface area contributed by atoms with E-state index in [0.29, 0.717) is 24.5 Å². The average Bonchev–Trinajstić information content (AvgIpc) is 3.34. The van der Waals surface area contributed by atoms with Crippen LogP contribution >= 0.6 is 0 Å². The lowest BCUT2D eigenvalue weighted by Crippen LogP contribution is -2.42. The number of hydrogen-bond acceptors (Lipinski definition) is 3. The van der Waals surface area contributed by atoms with Gasteiger partial charge in [0.1, 0.15) is 11.6 Å². The maximum atomic E-state index is 13.1. The molecule has 2 aromatic carbocycles. The maximum Gasteiger partial charge on any atom is 0.253 e. The molecule has 5 nitrogen and oxygen atoms in total. The summed E-state index contributed by atoms with van der Waals surface area (Å²) < 4.78 is 19.1. The van der Waals surface area contributed by atoms with Crippen LogP contribution in [0, 0.1) is 11.7 Å². The Bertz CT molecular complexity index is 909. The van der Waals surface area contributed by atoms with Crippen molar-refractivity contribution in [1.29, 1.82) is 0 Å². The number of piperidine rings is 1. The molecule has 0 aromatic heterocycles. The van der Waals surface area contributed by atoms with Crippen molar-refractivity contribution < 1.29 is 18.7 Å². The van der Waals surface area contributed by atoms with Crippen molar-refractivity contribution in [3.63, 3.8) is 0 Å². The molecule has 2 fully saturated rings. The first kappa shape index (κ1) is 21.3. The van der Waals surface area contributed by atoms with E-state index in [2.05, 4.69) is 0 Å². The minimum absolute atomic E-state index is 0.0644. The Morgan fingerprint density at radius 1 is 0.968 bits per heavy atom. The van der Waals surface area contributed by atoms with Crippen LogP contribution in [-0.2, 0) is 11.2 Å². The minimum Gasteiger partial charge on any atom is -0.493 e. The van der Waals surface area contributed by atoms with E-state index in [1.54, 1.807) is 12.1 Å². The summed E-state index contributed by atoms with van der Waals surface area (Å²) in [5.41, 5.74) is 1.49. The molecule has 0 N–H and O–H groups in total. The third kappa shape index (κ3) is 5.63. The molecule has 0 radical (unpaired) electrons. The lowest BCUT2D eigenvalue weighted by Gasteiger charge is -2.32. The zero-order valence-corrected chi connectivity index (χ0v) is 17.8. The maximum absolute atomic E-state index is 13.1. The lowest BCUT2D eigenvalue weighted by atomic mass is 9.98. The molecular weight excluding hydrogens is 395 g/mol. The molecule has 0 saturated carbocycles. The van der Waals surface area contributed by atoms with Crippen LogP contribution in [0.1, 0.15) is 41.6 Å². The molecule has 0 bridgehead atoms. The van der Waals surface area contributed by atoms with Gasteiger partial charge < -0.3 is 14.5 Å². The van der Waals surface area contributed by atoms with Gasteiger partial charge in [-0.15, -0.1) is 0 Å². The van der Waals surface area contributed by atoms with Crippen molar-refractivity contribution in [3.05, 3.63) is 65.5 Å². The van der Waals surface area contributed by atoms with Gasteiger partial charge >= 0.3 is 0 Å². The van der Waals surface area contributed by atoms with Crippen molar-refractivity contribution >= 4 is 11.8 Å². The van der Waals surface area contributed by atoms with E-state index in [-0.39, 0.29) is 30.0 Å². The summed E-state index contributed by atoms with van der Waals surface area (Å²) in [4.78, 5) is 29.0. The fraction of sp³-hybridized carbons (Fsp3) is 0.440. The second-order valence-corrected chi connectivity index (χ2v) is 8.49. The fourth-order valence-corrected chi connectivity index (χ4v) is 4.35. The van der Waals surface area contributed by atoms with Gasteiger partial charge in [-0.05, 0) is 61.6 Å². The fourth-order valence-electron chi connectivity index (χ4n) is 4.35. The second kappa shape index (κ2) is 9.94. The van der Waals surface area contributed by atoms with Gasteiger partial charge in [-0.2, -0.15) is 0 Å². The van der Waals surface area contributed by atoms with E-state index in [0.717, 1.165) is 50.9 Å². The molecule has 2 aliphatic heterocycles. The van der Waals surface area contributed by atoms with Crippen molar-refractivity contribution in [1.82, 2.24) is 9.80 Å². The average molecular weight is 425 g/mol. The molecule has 2 aliphatic rings. The van der Waals surface area contributed by atoms with Crippen LogP contribution in [0.25, 0.3) is 0 Å². The van der Waals surface area contributed by atoms with Crippen LogP contribution in [-0.4, -0.2) is 54.4 Å². The molecule has 2 amide bonds. The Kier molecular flexibility index (Phi) is 6.85. The zero-order valence-electron chi connectivity index (χ0n) is 17.8. The molecule has 1 atom stereocenters.